The van der Waals surface area contributed by atoms with Crippen LogP contribution in [0.25, 0.3) is 21.7 Å². The van der Waals surface area contributed by atoms with Crippen LogP contribution in [0.15, 0.2) is 64.5 Å². The first kappa shape index (κ1) is 20.7. The Morgan fingerprint density at radius 2 is 1.88 bits per heavy atom. The Kier molecular flexibility index (Phi) is 5.11. The van der Waals surface area contributed by atoms with Crippen molar-refractivity contribution in [2.75, 3.05) is 0 Å². The summed E-state index contributed by atoms with van der Waals surface area (Å²) >= 11 is 3.41. The predicted octanol–water partition coefficient (Wildman–Crippen LogP) is 6.14. The maximum Gasteiger partial charge on any atom is 0.268 e. The number of thioether (sulfide) groups is 1. The van der Waals surface area contributed by atoms with Crippen molar-refractivity contribution in [2.24, 2.45) is 0 Å². The van der Waals surface area contributed by atoms with Crippen LogP contribution >= 0.6 is 23.1 Å². The average molecular weight is 473 g/mol. The number of rotatable bonds is 4. The molecule has 0 amide bonds. The number of benzene rings is 2. The highest BCUT2D eigenvalue weighted by atomic mass is 32.2. The Hall–Kier alpha value is -2.90. The van der Waals surface area contributed by atoms with Crippen molar-refractivity contribution < 1.29 is 0 Å². The van der Waals surface area contributed by atoms with Gasteiger partial charge in [-0.05, 0) is 55.4 Å². The minimum Gasteiger partial charge on any atom is -0.268 e. The second kappa shape index (κ2) is 8.15. The summed E-state index contributed by atoms with van der Waals surface area (Å²) in [6.07, 6.45) is 3.34. The number of nitrogens with zero attached hydrogens (tertiary/aromatic N) is 4. The summed E-state index contributed by atoms with van der Waals surface area (Å²) in [4.78, 5) is 16.3. The highest BCUT2D eigenvalue weighted by Gasteiger charge is 2.28. The summed E-state index contributed by atoms with van der Waals surface area (Å²) in [6, 6.07) is 18.5. The van der Waals surface area contributed by atoms with Crippen LogP contribution in [0.2, 0.25) is 0 Å². The summed E-state index contributed by atoms with van der Waals surface area (Å²) < 4.78 is 3.86. The number of aromatic nitrogens is 4. The maximum absolute atomic E-state index is 14.0. The van der Waals surface area contributed by atoms with E-state index in [1.807, 2.05) is 30.3 Å². The monoisotopic (exact) mass is 472 g/mol. The molecule has 0 N–H and O–H groups in total. The molecule has 0 fully saturated rings. The van der Waals surface area contributed by atoms with E-state index in [1.165, 1.54) is 22.4 Å². The topological polar surface area (TPSA) is 52.2 Å². The Bertz CT molecular complexity index is 1530. The summed E-state index contributed by atoms with van der Waals surface area (Å²) in [5, 5.41) is 10.8. The molecule has 3 heterocycles. The molecule has 7 heteroatoms. The third-order valence-corrected chi connectivity index (χ3v) is 8.73. The molecule has 0 unspecified atom stereocenters. The lowest BCUT2D eigenvalue weighted by Crippen LogP contribution is -2.22. The molecular formula is C26H24N4OS2. The molecule has 3 aromatic heterocycles. The quantitative estimate of drug-likeness (QED) is 0.295. The lowest BCUT2D eigenvalue weighted by Gasteiger charge is -2.18. The highest BCUT2D eigenvalue weighted by Crippen LogP contribution is 2.42. The van der Waals surface area contributed by atoms with Crippen LogP contribution in [0.5, 0.6) is 0 Å². The van der Waals surface area contributed by atoms with Crippen LogP contribution in [-0.2, 0) is 12.2 Å². The average Bonchev–Trinajstić information content (AvgIpc) is 3.42. The van der Waals surface area contributed by atoms with Crippen molar-refractivity contribution >= 4 is 39.1 Å². The second-order valence-corrected chi connectivity index (χ2v) is 10.8. The first-order valence-corrected chi connectivity index (χ1v) is 13.1. The van der Waals surface area contributed by atoms with E-state index < -0.39 is 0 Å². The zero-order valence-corrected chi connectivity index (χ0v) is 20.2. The molecule has 0 saturated heterocycles. The molecule has 0 spiro atoms. The third-order valence-electron chi connectivity index (χ3n) is 6.48. The second-order valence-electron chi connectivity index (χ2n) is 8.78. The van der Waals surface area contributed by atoms with Gasteiger partial charge in [-0.1, -0.05) is 66.7 Å². The lowest BCUT2D eigenvalue weighted by atomic mass is 9.88. The van der Waals surface area contributed by atoms with Gasteiger partial charge >= 0.3 is 0 Å². The van der Waals surface area contributed by atoms with E-state index in [2.05, 4.69) is 52.7 Å². The molecule has 0 radical (unpaired) electrons. The minimum absolute atomic E-state index is 0.0135. The van der Waals surface area contributed by atoms with E-state index >= 15 is 0 Å². The molecule has 1 aliphatic carbocycles. The number of hydrogen-bond acceptors (Lipinski definition) is 5. The summed E-state index contributed by atoms with van der Waals surface area (Å²) in [7, 11) is 0. The van der Waals surface area contributed by atoms with Gasteiger partial charge in [-0.3, -0.25) is 4.79 Å². The van der Waals surface area contributed by atoms with Crippen molar-refractivity contribution in [1.29, 1.82) is 0 Å². The van der Waals surface area contributed by atoms with E-state index in [-0.39, 0.29) is 5.56 Å². The van der Waals surface area contributed by atoms with Gasteiger partial charge < -0.3 is 0 Å². The molecule has 166 valence electrons. The van der Waals surface area contributed by atoms with Gasteiger partial charge in [0.15, 0.2) is 5.16 Å². The first-order valence-electron chi connectivity index (χ1n) is 11.3. The normalized spacial score (nSPS) is 15.9. The smallest absolute Gasteiger partial charge is 0.268 e. The molecule has 1 atom stereocenters. The number of aryl methyl sites for hydroxylation is 2. The van der Waals surface area contributed by atoms with E-state index in [1.54, 1.807) is 27.7 Å². The van der Waals surface area contributed by atoms with Crippen LogP contribution in [0.4, 0.5) is 0 Å². The molecule has 1 aliphatic rings. The molecule has 0 saturated carbocycles. The molecule has 33 heavy (non-hydrogen) atoms. The Balaban J connectivity index is 1.63. The molecule has 5 nitrogen and oxygen atoms in total. The minimum atomic E-state index is 0.0135. The van der Waals surface area contributed by atoms with Crippen molar-refractivity contribution in [3.8, 4) is 5.69 Å². The first-order chi connectivity index (χ1) is 16.1. The zero-order chi connectivity index (χ0) is 22.5. The van der Waals surface area contributed by atoms with E-state index in [4.69, 9.17) is 0 Å². The van der Waals surface area contributed by atoms with Gasteiger partial charge in [-0.15, -0.1) is 21.5 Å². The summed E-state index contributed by atoms with van der Waals surface area (Å²) in [5.74, 6) is 1.77. The zero-order valence-electron chi connectivity index (χ0n) is 18.6. The number of fused-ring (bicyclic) bond motifs is 5. The highest BCUT2D eigenvalue weighted by molar-refractivity contribution is 7.98. The van der Waals surface area contributed by atoms with E-state index in [0.29, 0.717) is 11.7 Å². The van der Waals surface area contributed by atoms with Crippen LogP contribution in [0.1, 0.15) is 47.3 Å². The van der Waals surface area contributed by atoms with E-state index in [9.17, 15) is 4.79 Å². The number of hydrogen-bond donors (Lipinski definition) is 0. The Morgan fingerprint density at radius 3 is 2.67 bits per heavy atom. The fourth-order valence-corrected chi connectivity index (χ4v) is 7.19. The van der Waals surface area contributed by atoms with Crippen molar-refractivity contribution in [2.45, 2.75) is 49.9 Å². The fraction of sp³-hybridized carbons (Fsp3) is 0.269. The van der Waals surface area contributed by atoms with Gasteiger partial charge in [0, 0.05) is 10.6 Å². The van der Waals surface area contributed by atoms with Gasteiger partial charge in [0.2, 0.25) is 5.78 Å². The number of thiophene rings is 1. The SMILES string of the molecule is Cc1ccc(-n2c(=O)c3c4c(sc3n3c(SCc5ccccc5)nnc23)CCC[C@@H]4C)cc1. The van der Waals surface area contributed by atoms with E-state index in [0.717, 1.165) is 45.2 Å². The summed E-state index contributed by atoms with van der Waals surface area (Å²) in [6.45, 7) is 4.30. The Morgan fingerprint density at radius 1 is 1.09 bits per heavy atom. The molecule has 2 aromatic carbocycles. The fourth-order valence-electron chi connectivity index (χ4n) is 4.79. The Labute approximate surface area is 200 Å². The van der Waals surface area contributed by atoms with Gasteiger partial charge in [-0.2, -0.15) is 0 Å². The van der Waals surface area contributed by atoms with Gasteiger partial charge in [0.05, 0.1) is 11.1 Å². The van der Waals surface area contributed by atoms with Crippen molar-refractivity contribution in [3.05, 3.63) is 86.5 Å². The largest absolute Gasteiger partial charge is 0.268 e. The standard InChI is InChI=1S/C26H24N4OS2/c1-16-11-13-19(14-12-16)29-23(31)22-21-17(2)7-6-10-20(21)33-24(22)30-25(29)27-28-26(30)32-15-18-8-4-3-5-9-18/h3-5,8-9,11-14,17H,6-7,10,15H2,1-2H3/t17-/m0/s1. The van der Waals surface area contributed by atoms with Crippen LogP contribution < -0.4 is 5.56 Å². The molecule has 5 aromatic rings. The van der Waals surface area contributed by atoms with Gasteiger partial charge in [0.25, 0.3) is 5.56 Å². The lowest BCUT2D eigenvalue weighted by molar-refractivity contribution is 0.601. The van der Waals surface area contributed by atoms with Crippen LogP contribution in [-0.4, -0.2) is 19.2 Å². The summed E-state index contributed by atoms with van der Waals surface area (Å²) in [5.41, 5.74) is 4.47. The molecular weight excluding hydrogens is 448 g/mol. The van der Waals surface area contributed by atoms with Crippen LogP contribution in [0, 0.1) is 6.92 Å². The third kappa shape index (κ3) is 3.42. The van der Waals surface area contributed by atoms with Gasteiger partial charge in [0.1, 0.15) is 4.83 Å². The predicted molar refractivity (Wildman–Crippen MR) is 136 cm³/mol. The molecule has 0 bridgehead atoms. The maximum atomic E-state index is 14.0. The van der Waals surface area contributed by atoms with Gasteiger partial charge in [-0.25, -0.2) is 8.97 Å². The van der Waals surface area contributed by atoms with Crippen molar-refractivity contribution in [1.82, 2.24) is 19.2 Å². The molecule has 0 aliphatic heterocycles. The van der Waals surface area contributed by atoms with Crippen molar-refractivity contribution in [3.63, 3.8) is 0 Å². The molecule has 6 rings (SSSR count). The van der Waals surface area contributed by atoms with Crippen LogP contribution in [0.3, 0.4) is 0 Å².